The van der Waals surface area contributed by atoms with E-state index >= 15 is 0 Å². The van der Waals surface area contributed by atoms with Gasteiger partial charge >= 0.3 is 6.18 Å². The van der Waals surface area contributed by atoms with Crippen LogP contribution in [0.4, 0.5) is 24.8 Å². The molecular weight excluding hydrogens is 417 g/mol. The maximum Gasteiger partial charge on any atom is 0.417 e. The van der Waals surface area contributed by atoms with Gasteiger partial charge in [-0.05, 0) is 25.0 Å². The van der Waals surface area contributed by atoms with Crippen molar-refractivity contribution in [1.82, 2.24) is 15.0 Å². The molecule has 0 bridgehead atoms. The summed E-state index contributed by atoms with van der Waals surface area (Å²) in [6.07, 6.45) is 0.454. The fourth-order valence-electron chi connectivity index (χ4n) is 4.49. The first-order valence-electron chi connectivity index (χ1n) is 10.6. The number of nitrogens with zero attached hydrogens (tertiary/aromatic N) is 6. The second kappa shape index (κ2) is 7.93. The van der Waals surface area contributed by atoms with Crippen LogP contribution >= 0.6 is 0 Å². The van der Waals surface area contributed by atoms with Crippen LogP contribution in [0.1, 0.15) is 30.0 Å². The van der Waals surface area contributed by atoms with Crippen molar-refractivity contribution >= 4 is 22.5 Å². The van der Waals surface area contributed by atoms with E-state index in [9.17, 15) is 13.2 Å². The summed E-state index contributed by atoms with van der Waals surface area (Å²) in [5.41, 5.74) is 0.527. The SMILES string of the molecule is N#CC1CCN(c2nccnc2C2CN(c3cc(C(F)(F)F)c4ccccc4n3)C2)CC1. The summed E-state index contributed by atoms with van der Waals surface area (Å²) >= 11 is 0. The average molecular weight is 438 g/mol. The molecule has 2 aliphatic rings. The van der Waals surface area contributed by atoms with E-state index in [1.54, 1.807) is 30.6 Å². The van der Waals surface area contributed by atoms with Gasteiger partial charge in [0.25, 0.3) is 0 Å². The van der Waals surface area contributed by atoms with Crippen LogP contribution in [0.2, 0.25) is 0 Å². The van der Waals surface area contributed by atoms with E-state index in [0.29, 0.717) is 24.4 Å². The molecule has 164 valence electrons. The average Bonchev–Trinajstić information content (AvgIpc) is 2.77. The van der Waals surface area contributed by atoms with E-state index in [0.717, 1.165) is 43.5 Å². The quantitative estimate of drug-likeness (QED) is 0.604. The molecule has 2 fully saturated rings. The number of rotatable bonds is 3. The fraction of sp³-hybridized carbons (Fsp3) is 0.391. The van der Waals surface area contributed by atoms with E-state index in [-0.39, 0.29) is 17.2 Å². The molecule has 0 saturated carbocycles. The summed E-state index contributed by atoms with van der Waals surface area (Å²) in [6, 6.07) is 9.82. The number of aromatic nitrogens is 3. The van der Waals surface area contributed by atoms with Crippen molar-refractivity contribution in [2.24, 2.45) is 5.92 Å². The van der Waals surface area contributed by atoms with Crippen LogP contribution in [0, 0.1) is 17.2 Å². The second-order valence-corrected chi connectivity index (χ2v) is 8.30. The largest absolute Gasteiger partial charge is 0.417 e. The Hall–Kier alpha value is -3.41. The summed E-state index contributed by atoms with van der Waals surface area (Å²) in [5.74, 6) is 1.28. The molecule has 32 heavy (non-hydrogen) atoms. The number of hydrogen-bond acceptors (Lipinski definition) is 6. The number of nitriles is 1. The zero-order valence-corrected chi connectivity index (χ0v) is 17.3. The van der Waals surface area contributed by atoms with Gasteiger partial charge in [0.15, 0.2) is 5.82 Å². The first-order valence-corrected chi connectivity index (χ1v) is 10.6. The van der Waals surface area contributed by atoms with Crippen LogP contribution in [0.15, 0.2) is 42.7 Å². The number of para-hydroxylation sites is 1. The van der Waals surface area contributed by atoms with Crippen LogP contribution in [-0.4, -0.2) is 41.1 Å². The fourth-order valence-corrected chi connectivity index (χ4v) is 4.49. The van der Waals surface area contributed by atoms with Crippen LogP contribution < -0.4 is 9.80 Å². The molecule has 9 heteroatoms. The third kappa shape index (κ3) is 3.70. The molecule has 4 heterocycles. The number of halogens is 3. The molecule has 0 N–H and O–H groups in total. The van der Waals surface area contributed by atoms with E-state index in [2.05, 4.69) is 25.9 Å². The smallest absolute Gasteiger partial charge is 0.355 e. The minimum absolute atomic E-state index is 0.0648. The minimum Gasteiger partial charge on any atom is -0.355 e. The zero-order chi connectivity index (χ0) is 22.3. The van der Waals surface area contributed by atoms with Gasteiger partial charge in [-0.2, -0.15) is 18.4 Å². The molecule has 0 aliphatic carbocycles. The van der Waals surface area contributed by atoms with Crippen molar-refractivity contribution in [3.05, 3.63) is 54.0 Å². The molecular formula is C23H21F3N6. The highest BCUT2D eigenvalue weighted by Gasteiger charge is 2.37. The van der Waals surface area contributed by atoms with Crippen LogP contribution in [-0.2, 0) is 6.18 Å². The Bertz CT molecular complexity index is 1170. The van der Waals surface area contributed by atoms with Gasteiger partial charge in [-0.15, -0.1) is 0 Å². The monoisotopic (exact) mass is 438 g/mol. The van der Waals surface area contributed by atoms with Crippen LogP contribution in [0.25, 0.3) is 10.9 Å². The van der Waals surface area contributed by atoms with Gasteiger partial charge in [0.1, 0.15) is 5.82 Å². The molecule has 6 nitrogen and oxygen atoms in total. The summed E-state index contributed by atoms with van der Waals surface area (Å²) in [6.45, 7) is 2.56. The van der Waals surface area contributed by atoms with Crippen molar-refractivity contribution in [2.45, 2.75) is 24.9 Å². The van der Waals surface area contributed by atoms with E-state index < -0.39 is 11.7 Å². The number of fused-ring (bicyclic) bond motifs is 1. The number of pyridine rings is 1. The lowest BCUT2D eigenvalue weighted by Crippen LogP contribution is -2.47. The van der Waals surface area contributed by atoms with Crippen molar-refractivity contribution in [2.75, 3.05) is 36.0 Å². The van der Waals surface area contributed by atoms with E-state index in [4.69, 9.17) is 5.26 Å². The van der Waals surface area contributed by atoms with Crippen molar-refractivity contribution in [1.29, 1.82) is 5.26 Å². The molecule has 2 saturated heterocycles. The summed E-state index contributed by atoms with van der Waals surface area (Å²) in [7, 11) is 0. The molecule has 0 amide bonds. The van der Waals surface area contributed by atoms with Crippen LogP contribution in [0.5, 0.6) is 0 Å². The molecule has 0 radical (unpaired) electrons. The predicted molar refractivity (Wildman–Crippen MR) is 114 cm³/mol. The van der Waals surface area contributed by atoms with Crippen molar-refractivity contribution in [3.63, 3.8) is 0 Å². The summed E-state index contributed by atoms with van der Waals surface area (Å²) < 4.78 is 40.9. The lowest BCUT2D eigenvalue weighted by atomic mass is 9.93. The molecule has 0 atom stereocenters. The molecule has 1 aromatic carbocycles. The summed E-state index contributed by atoms with van der Waals surface area (Å²) in [4.78, 5) is 17.6. The number of hydrogen-bond donors (Lipinski definition) is 0. The molecule has 5 rings (SSSR count). The molecule has 0 unspecified atom stereocenters. The lowest BCUT2D eigenvalue weighted by molar-refractivity contribution is -0.136. The lowest BCUT2D eigenvalue weighted by Gasteiger charge is -2.41. The predicted octanol–water partition coefficient (Wildman–Crippen LogP) is 4.39. The van der Waals surface area contributed by atoms with E-state index in [1.807, 2.05) is 4.90 Å². The first-order chi connectivity index (χ1) is 15.4. The van der Waals surface area contributed by atoms with Gasteiger partial charge in [-0.3, -0.25) is 4.98 Å². The van der Waals surface area contributed by atoms with Gasteiger partial charge in [0, 0.05) is 55.8 Å². The molecule has 0 spiro atoms. The van der Waals surface area contributed by atoms with Gasteiger partial charge < -0.3 is 9.80 Å². The summed E-state index contributed by atoms with van der Waals surface area (Å²) in [5, 5.41) is 9.24. The second-order valence-electron chi connectivity index (χ2n) is 8.30. The number of alkyl halides is 3. The number of anilines is 2. The maximum atomic E-state index is 13.6. The minimum atomic E-state index is -4.45. The number of piperidine rings is 1. The van der Waals surface area contributed by atoms with Gasteiger partial charge in [0.2, 0.25) is 0 Å². The Morgan fingerprint density at radius 1 is 1.00 bits per heavy atom. The van der Waals surface area contributed by atoms with E-state index in [1.165, 1.54) is 6.07 Å². The highest BCUT2D eigenvalue weighted by Crippen LogP contribution is 2.39. The molecule has 2 aromatic heterocycles. The third-order valence-electron chi connectivity index (χ3n) is 6.28. The third-order valence-corrected chi connectivity index (χ3v) is 6.28. The van der Waals surface area contributed by atoms with Gasteiger partial charge in [0.05, 0.1) is 22.8 Å². The number of benzene rings is 1. The zero-order valence-electron chi connectivity index (χ0n) is 17.3. The Balaban J connectivity index is 1.38. The highest BCUT2D eigenvalue weighted by atomic mass is 19.4. The Labute approximate surface area is 183 Å². The Morgan fingerprint density at radius 2 is 1.72 bits per heavy atom. The Morgan fingerprint density at radius 3 is 2.44 bits per heavy atom. The van der Waals surface area contributed by atoms with Gasteiger partial charge in [-0.1, -0.05) is 18.2 Å². The topological polar surface area (TPSA) is 68.9 Å². The highest BCUT2D eigenvalue weighted by molar-refractivity contribution is 5.84. The van der Waals surface area contributed by atoms with Gasteiger partial charge in [-0.25, -0.2) is 9.97 Å². The normalized spacial score (nSPS) is 17.9. The van der Waals surface area contributed by atoms with Crippen molar-refractivity contribution < 1.29 is 13.2 Å². The molecule has 2 aliphatic heterocycles. The maximum absolute atomic E-state index is 13.6. The standard InChI is InChI=1S/C23H21F3N6/c24-23(25,26)18-11-20(30-19-4-2-1-3-17(18)19)32-13-16(14-32)21-22(29-8-7-28-21)31-9-5-15(12-27)6-10-31/h1-4,7-8,11,15-16H,5-6,9-10,13-14H2. The Kier molecular flexibility index (Phi) is 5.08. The van der Waals surface area contributed by atoms with Crippen LogP contribution in [0.3, 0.4) is 0 Å². The first kappa shape index (κ1) is 20.5. The van der Waals surface area contributed by atoms with Crippen molar-refractivity contribution in [3.8, 4) is 6.07 Å². The molecule has 3 aromatic rings.